The lowest BCUT2D eigenvalue weighted by Gasteiger charge is -2.21. The molecule has 144 valence electrons. The zero-order valence-corrected chi connectivity index (χ0v) is 15.9. The lowest BCUT2D eigenvalue weighted by molar-refractivity contribution is -0.385. The van der Waals surface area contributed by atoms with Crippen molar-refractivity contribution in [2.24, 2.45) is 11.8 Å². The van der Waals surface area contributed by atoms with Gasteiger partial charge in [-0.2, -0.15) is 0 Å². The maximum absolute atomic E-state index is 12.4. The van der Waals surface area contributed by atoms with E-state index in [1.165, 1.54) is 18.2 Å². The third kappa shape index (κ3) is 4.99. The third-order valence-electron chi connectivity index (χ3n) is 5.06. The minimum atomic E-state index is -0.537. The van der Waals surface area contributed by atoms with Gasteiger partial charge in [-0.15, -0.1) is 12.4 Å². The Bertz CT molecular complexity index is 645. The molecule has 0 bridgehead atoms. The van der Waals surface area contributed by atoms with Gasteiger partial charge in [0.15, 0.2) is 5.75 Å². The summed E-state index contributed by atoms with van der Waals surface area (Å²) in [7, 11) is 0. The molecule has 1 aromatic carbocycles. The summed E-state index contributed by atoms with van der Waals surface area (Å²) in [5.41, 5.74) is -0.185. The Hall–Kier alpha value is -1.57. The third-order valence-corrected chi connectivity index (χ3v) is 5.30. The monoisotopic (exact) mass is 403 g/mol. The Morgan fingerprint density at radius 2 is 1.96 bits per heavy atom. The van der Waals surface area contributed by atoms with Crippen molar-refractivity contribution in [3.05, 3.63) is 33.3 Å². The van der Waals surface area contributed by atoms with Crippen LogP contribution in [0.2, 0.25) is 5.02 Å². The second kappa shape index (κ2) is 9.39. The number of hydrogen-bond acceptors (Lipinski definition) is 5. The lowest BCUT2D eigenvalue weighted by atomic mass is 9.92. The Labute approximate surface area is 163 Å². The Morgan fingerprint density at radius 3 is 2.58 bits per heavy atom. The number of halogens is 2. The zero-order valence-electron chi connectivity index (χ0n) is 14.4. The Morgan fingerprint density at radius 1 is 1.31 bits per heavy atom. The van der Waals surface area contributed by atoms with Crippen molar-refractivity contribution in [1.82, 2.24) is 10.2 Å². The molecule has 26 heavy (non-hydrogen) atoms. The summed E-state index contributed by atoms with van der Waals surface area (Å²) in [6, 6.07) is 4.25. The minimum Gasteiger partial charge on any atom is -0.486 e. The number of carbonyl (C=O) groups is 1. The van der Waals surface area contributed by atoms with Crippen LogP contribution in [0, 0.1) is 22.0 Å². The molecule has 2 aliphatic heterocycles. The number of fused-ring (bicyclic) bond motifs is 1. The van der Waals surface area contributed by atoms with Gasteiger partial charge < -0.3 is 15.0 Å². The van der Waals surface area contributed by atoms with Crippen molar-refractivity contribution in [2.45, 2.75) is 19.3 Å². The summed E-state index contributed by atoms with van der Waals surface area (Å²) in [5, 5.41) is 14.7. The highest BCUT2D eigenvalue weighted by atomic mass is 35.5. The molecule has 0 aromatic heterocycles. The number of amides is 1. The summed E-state index contributed by atoms with van der Waals surface area (Å²) in [5.74, 6) is 1.53. The summed E-state index contributed by atoms with van der Waals surface area (Å²) in [6.07, 6.45) is 2.28. The molecule has 0 aliphatic carbocycles. The Kier molecular flexibility index (Phi) is 7.49. The molecule has 9 heteroatoms. The summed E-state index contributed by atoms with van der Waals surface area (Å²) in [4.78, 5) is 24.8. The van der Waals surface area contributed by atoms with Crippen LogP contribution in [0.5, 0.6) is 5.75 Å². The van der Waals surface area contributed by atoms with Crippen LogP contribution in [-0.4, -0.2) is 48.5 Å². The van der Waals surface area contributed by atoms with Gasteiger partial charge in [0.25, 0.3) is 0 Å². The van der Waals surface area contributed by atoms with E-state index < -0.39 is 4.92 Å². The molecule has 3 rings (SSSR count). The van der Waals surface area contributed by atoms with Crippen LogP contribution in [0.1, 0.15) is 19.3 Å². The molecular weight excluding hydrogens is 381 g/mol. The Balaban J connectivity index is 0.00000243. The van der Waals surface area contributed by atoms with E-state index in [0.717, 1.165) is 39.0 Å². The maximum atomic E-state index is 12.4. The van der Waals surface area contributed by atoms with E-state index in [-0.39, 0.29) is 47.8 Å². The predicted molar refractivity (Wildman–Crippen MR) is 101 cm³/mol. The first kappa shape index (κ1) is 20.7. The molecule has 1 N–H and O–H groups in total. The van der Waals surface area contributed by atoms with E-state index in [0.29, 0.717) is 11.8 Å². The van der Waals surface area contributed by atoms with Crippen molar-refractivity contribution in [2.75, 3.05) is 32.8 Å². The fraction of sp³-hybridized carbons (Fsp3) is 0.588. The summed E-state index contributed by atoms with van der Waals surface area (Å²) < 4.78 is 5.46. The average Bonchev–Trinajstić information content (AvgIpc) is 2.94. The van der Waals surface area contributed by atoms with Gasteiger partial charge >= 0.3 is 5.69 Å². The van der Waals surface area contributed by atoms with Gasteiger partial charge in [-0.25, -0.2) is 0 Å². The number of nitro groups is 1. The number of benzene rings is 1. The summed E-state index contributed by atoms with van der Waals surface area (Å²) in [6.45, 7) is 3.78. The van der Waals surface area contributed by atoms with Crippen molar-refractivity contribution in [1.29, 1.82) is 0 Å². The van der Waals surface area contributed by atoms with Gasteiger partial charge in [0, 0.05) is 24.2 Å². The molecule has 1 aromatic rings. The number of hydrogen-bond donors (Lipinski definition) is 1. The predicted octanol–water partition coefficient (Wildman–Crippen LogP) is 2.90. The second-order valence-electron chi connectivity index (χ2n) is 6.60. The van der Waals surface area contributed by atoms with E-state index in [4.69, 9.17) is 16.3 Å². The number of carbonyl (C=O) groups excluding carboxylic acids is 1. The minimum absolute atomic E-state index is 0. The fourth-order valence-corrected chi connectivity index (χ4v) is 3.80. The molecule has 1 amide bonds. The molecule has 0 radical (unpaired) electrons. The highest BCUT2D eigenvalue weighted by Crippen LogP contribution is 2.30. The first-order chi connectivity index (χ1) is 12.0. The van der Waals surface area contributed by atoms with Gasteiger partial charge in [-0.3, -0.25) is 14.9 Å². The highest BCUT2D eigenvalue weighted by molar-refractivity contribution is 6.30. The van der Waals surface area contributed by atoms with Crippen LogP contribution in [-0.2, 0) is 4.79 Å². The molecule has 7 nitrogen and oxygen atoms in total. The zero-order chi connectivity index (χ0) is 17.8. The van der Waals surface area contributed by atoms with E-state index in [2.05, 4.69) is 5.32 Å². The van der Waals surface area contributed by atoms with Crippen molar-refractivity contribution < 1.29 is 14.5 Å². The van der Waals surface area contributed by atoms with Crippen LogP contribution in [0.15, 0.2) is 18.2 Å². The normalized spacial score (nSPS) is 22.1. The molecule has 2 saturated heterocycles. The lowest BCUT2D eigenvalue weighted by Crippen LogP contribution is -2.33. The van der Waals surface area contributed by atoms with Crippen molar-refractivity contribution in [3.63, 3.8) is 0 Å². The number of nitrogens with one attached hydrogen (secondary N) is 1. The molecule has 0 saturated carbocycles. The van der Waals surface area contributed by atoms with Gasteiger partial charge in [0.2, 0.25) is 5.91 Å². The van der Waals surface area contributed by atoms with Crippen molar-refractivity contribution in [3.8, 4) is 5.75 Å². The van der Waals surface area contributed by atoms with Crippen LogP contribution >= 0.6 is 24.0 Å². The van der Waals surface area contributed by atoms with Gasteiger partial charge in [0.1, 0.15) is 0 Å². The SMILES string of the molecule is Cl.O=C(CCOc1ccc(Cl)cc1[N+](=O)[O-])N1CC[C@@H]2CNC[C@@H]2CC1. The fourth-order valence-electron chi connectivity index (χ4n) is 3.63. The smallest absolute Gasteiger partial charge is 0.312 e. The number of likely N-dealkylation sites (tertiary alicyclic amines) is 1. The molecule has 2 atom stereocenters. The van der Waals surface area contributed by atoms with E-state index in [1.807, 2.05) is 4.90 Å². The number of ether oxygens (including phenoxy) is 1. The van der Waals surface area contributed by atoms with Crippen LogP contribution in [0.25, 0.3) is 0 Å². The number of nitro benzene ring substituents is 1. The largest absolute Gasteiger partial charge is 0.486 e. The van der Waals surface area contributed by atoms with E-state index in [1.54, 1.807) is 0 Å². The van der Waals surface area contributed by atoms with E-state index >= 15 is 0 Å². The quantitative estimate of drug-likeness (QED) is 0.603. The highest BCUT2D eigenvalue weighted by Gasteiger charge is 2.31. The summed E-state index contributed by atoms with van der Waals surface area (Å²) >= 11 is 5.78. The van der Waals surface area contributed by atoms with Gasteiger partial charge in [-0.1, -0.05) is 11.6 Å². The molecule has 2 heterocycles. The second-order valence-corrected chi connectivity index (χ2v) is 7.04. The van der Waals surface area contributed by atoms with Crippen LogP contribution in [0.4, 0.5) is 5.69 Å². The van der Waals surface area contributed by atoms with Crippen LogP contribution in [0.3, 0.4) is 0 Å². The van der Waals surface area contributed by atoms with Gasteiger partial charge in [0.05, 0.1) is 18.0 Å². The van der Waals surface area contributed by atoms with Gasteiger partial charge in [-0.05, 0) is 49.9 Å². The van der Waals surface area contributed by atoms with Crippen molar-refractivity contribution >= 4 is 35.6 Å². The maximum Gasteiger partial charge on any atom is 0.312 e. The number of rotatable bonds is 5. The molecule has 0 unspecified atom stereocenters. The molecule has 0 spiro atoms. The van der Waals surface area contributed by atoms with Crippen LogP contribution < -0.4 is 10.1 Å². The molecular formula is C17H23Cl2N3O4. The molecule has 2 aliphatic rings. The first-order valence-corrected chi connectivity index (χ1v) is 8.97. The standard InChI is InChI=1S/C17H22ClN3O4.ClH/c18-14-1-2-16(15(9-14)21(23)24)25-8-5-17(22)20-6-3-12-10-19-11-13(12)4-7-20;/h1-2,9,12-13,19H,3-8,10-11H2;1H/t12-,13+;. The number of nitrogens with zero attached hydrogens (tertiary/aromatic N) is 2. The molecule has 2 fully saturated rings. The first-order valence-electron chi connectivity index (χ1n) is 8.60. The average molecular weight is 404 g/mol. The topological polar surface area (TPSA) is 84.7 Å². The van der Waals surface area contributed by atoms with E-state index in [9.17, 15) is 14.9 Å².